The molecule has 2 N–H and O–H groups in total. The van der Waals surface area contributed by atoms with Crippen molar-refractivity contribution in [2.24, 2.45) is 0 Å². The minimum Gasteiger partial charge on any atom is -0.467 e. The van der Waals surface area contributed by atoms with Gasteiger partial charge >= 0.3 is 0 Å². The van der Waals surface area contributed by atoms with Crippen LogP contribution in [0.25, 0.3) is 0 Å². The maximum Gasteiger partial charge on any atom is 0.271 e. The third-order valence-electron chi connectivity index (χ3n) is 2.46. The quantitative estimate of drug-likeness (QED) is 0.856. The zero-order valence-electron chi connectivity index (χ0n) is 10.2. The fourth-order valence-corrected chi connectivity index (χ4v) is 1.49. The largest absolute Gasteiger partial charge is 0.467 e. The Balaban J connectivity index is 2.04. The van der Waals surface area contributed by atoms with Gasteiger partial charge in [-0.25, -0.2) is 0 Å². The second-order valence-corrected chi connectivity index (χ2v) is 3.76. The van der Waals surface area contributed by atoms with Crippen LogP contribution in [-0.4, -0.2) is 23.2 Å². The molecule has 0 fully saturated rings. The van der Waals surface area contributed by atoms with Gasteiger partial charge in [-0.3, -0.25) is 4.79 Å². The van der Waals surface area contributed by atoms with E-state index in [9.17, 15) is 4.79 Å². The molecule has 0 aliphatic rings. The van der Waals surface area contributed by atoms with Crippen LogP contribution in [0.5, 0.6) is 0 Å². The first kappa shape index (κ1) is 12.1. The van der Waals surface area contributed by atoms with Crippen LogP contribution < -0.4 is 10.6 Å². The maximum atomic E-state index is 11.3. The molecular formula is C12H14N4O2. The molecule has 0 spiro atoms. The number of furan rings is 1. The van der Waals surface area contributed by atoms with Crippen LogP contribution in [0.2, 0.25) is 0 Å². The summed E-state index contributed by atoms with van der Waals surface area (Å²) in [6, 6.07) is 7.01. The zero-order valence-corrected chi connectivity index (χ0v) is 10.2. The molecule has 1 unspecified atom stereocenters. The van der Waals surface area contributed by atoms with Gasteiger partial charge in [0.2, 0.25) is 0 Å². The highest BCUT2D eigenvalue weighted by atomic mass is 16.3. The lowest BCUT2D eigenvalue weighted by atomic mass is 10.2. The van der Waals surface area contributed by atoms with E-state index >= 15 is 0 Å². The van der Waals surface area contributed by atoms with E-state index in [-0.39, 0.29) is 17.6 Å². The van der Waals surface area contributed by atoms with E-state index in [4.69, 9.17) is 4.42 Å². The summed E-state index contributed by atoms with van der Waals surface area (Å²) in [6.45, 7) is 1.95. The first-order valence-corrected chi connectivity index (χ1v) is 5.56. The van der Waals surface area contributed by atoms with E-state index in [1.165, 1.54) is 0 Å². The lowest BCUT2D eigenvalue weighted by molar-refractivity contribution is 0.0957. The van der Waals surface area contributed by atoms with Gasteiger partial charge in [-0.05, 0) is 31.2 Å². The highest BCUT2D eigenvalue weighted by Crippen LogP contribution is 2.17. The van der Waals surface area contributed by atoms with Crippen molar-refractivity contribution in [2.45, 2.75) is 13.0 Å². The Kier molecular flexibility index (Phi) is 3.57. The van der Waals surface area contributed by atoms with Crippen molar-refractivity contribution in [3.05, 3.63) is 42.0 Å². The number of hydrogen-bond acceptors (Lipinski definition) is 5. The van der Waals surface area contributed by atoms with Gasteiger partial charge in [-0.15, -0.1) is 10.2 Å². The molecule has 2 heterocycles. The van der Waals surface area contributed by atoms with Gasteiger partial charge < -0.3 is 15.1 Å². The lowest BCUT2D eigenvalue weighted by Crippen LogP contribution is -2.20. The van der Waals surface area contributed by atoms with Crippen LogP contribution in [0.4, 0.5) is 5.82 Å². The average Bonchev–Trinajstić information content (AvgIpc) is 2.92. The maximum absolute atomic E-state index is 11.3. The summed E-state index contributed by atoms with van der Waals surface area (Å²) in [7, 11) is 1.55. The van der Waals surface area contributed by atoms with Crippen LogP contribution in [0.1, 0.15) is 29.2 Å². The first-order chi connectivity index (χ1) is 8.70. The Hall–Kier alpha value is -2.37. The van der Waals surface area contributed by atoms with Crippen LogP contribution in [-0.2, 0) is 0 Å². The molecule has 0 aromatic carbocycles. The van der Waals surface area contributed by atoms with Crippen molar-refractivity contribution in [2.75, 3.05) is 12.4 Å². The molecule has 0 aliphatic carbocycles. The molecule has 6 heteroatoms. The summed E-state index contributed by atoms with van der Waals surface area (Å²) in [5, 5.41) is 13.4. The van der Waals surface area contributed by atoms with Crippen LogP contribution in [0.3, 0.4) is 0 Å². The number of carbonyl (C=O) groups excluding carboxylic acids is 1. The third-order valence-corrected chi connectivity index (χ3v) is 2.46. The molecule has 0 aliphatic heterocycles. The number of amides is 1. The van der Waals surface area contributed by atoms with Crippen molar-refractivity contribution < 1.29 is 9.21 Å². The molecule has 1 atom stereocenters. The number of carbonyl (C=O) groups is 1. The predicted octanol–water partition coefficient (Wildman–Crippen LogP) is 1.60. The van der Waals surface area contributed by atoms with E-state index < -0.39 is 0 Å². The van der Waals surface area contributed by atoms with Gasteiger partial charge in [0.25, 0.3) is 5.91 Å². The number of anilines is 1. The molecule has 94 valence electrons. The SMILES string of the molecule is CNC(=O)c1ccc(NC(C)c2ccco2)nn1. The van der Waals surface area contributed by atoms with Crippen molar-refractivity contribution >= 4 is 11.7 Å². The summed E-state index contributed by atoms with van der Waals surface area (Å²) in [5.74, 6) is 1.15. The molecule has 0 saturated carbocycles. The van der Waals surface area contributed by atoms with Crippen molar-refractivity contribution in [1.29, 1.82) is 0 Å². The number of hydrogen-bond donors (Lipinski definition) is 2. The highest BCUT2D eigenvalue weighted by Gasteiger charge is 2.10. The molecule has 2 aromatic rings. The summed E-state index contributed by atoms with van der Waals surface area (Å²) in [5.41, 5.74) is 0.286. The van der Waals surface area contributed by atoms with Gasteiger partial charge in [-0.1, -0.05) is 0 Å². The molecule has 2 rings (SSSR count). The summed E-state index contributed by atoms with van der Waals surface area (Å²) >= 11 is 0. The molecule has 6 nitrogen and oxygen atoms in total. The Labute approximate surface area is 104 Å². The van der Waals surface area contributed by atoms with Gasteiger partial charge in [-0.2, -0.15) is 0 Å². The van der Waals surface area contributed by atoms with E-state index in [1.807, 2.05) is 19.1 Å². The fourth-order valence-electron chi connectivity index (χ4n) is 1.49. The normalized spacial score (nSPS) is 11.9. The van der Waals surface area contributed by atoms with E-state index in [0.717, 1.165) is 5.76 Å². The minimum atomic E-state index is -0.256. The Morgan fingerprint density at radius 1 is 1.33 bits per heavy atom. The van der Waals surface area contributed by atoms with Gasteiger partial charge in [0.1, 0.15) is 11.6 Å². The number of nitrogens with zero attached hydrogens (tertiary/aromatic N) is 2. The van der Waals surface area contributed by atoms with E-state index in [1.54, 1.807) is 25.4 Å². The van der Waals surface area contributed by atoms with E-state index in [0.29, 0.717) is 5.82 Å². The van der Waals surface area contributed by atoms with Crippen molar-refractivity contribution in [1.82, 2.24) is 15.5 Å². The fraction of sp³-hybridized carbons (Fsp3) is 0.250. The van der Waals surface area contributed by atoms with Gasteiger partial charge in [0, 0.05) is 7.05 Å². The Bertz CT molecular complexity index is 507. The second kappa shape index (κ2) is 5.31. The van der Waals surface area contributed by atoms with Crippen molar-refractivity contribution in [3.63, 3.8) is 0 Å². The standard InChI is InChI=1S/C12H14N4O2/c1-8(10-4-3-7-18-10)14-11-6-5-9(15-16-11)12(17)13-2/h3-8H,1-2H3,(H,13,17)(H,14,16). The molecule has 1 amide bonds. The summed E-state index contributed by atoms with van der Waals surface area (Å²) < 4.78 is 5.27. The van der Waals surface area contributed by atoms with Gasteiger partial charge in [0.05, 0.1) is 12.3 Å². The monoisotopic (exact) mass is 246 g/mol. The molecule has 18 heavy (non-hydrogen) atoms. The average molecular weight is 246 g/mol. The molecule has 0 radical (unpaired) electrons. The van der Waals surface area contributed by atoms with Gasteiger partial charge in [0.15, 0.2) is 5.69 Å². The minimum absolute atomic E-state index is 0.0137. The molecular weight excluding hydrogens is 232 g/mol. The van der Waals surface area contributed by atoms with Crippen LogP contribution >= 0.6 is 0 Å². The number of rotatable bonds is 4. The van der Waals surface area contributed by atoms with Crippen LogP contribution in [0.15, 0.2) is 34.9 Å². The first-order valence-electron chi connectivity index (χ1n) is 5.56. The van der Waals surface area contributed by atoms with Crippen molar-refractivity contribution in [3.8, 4) is 0 Å². The lowest BCUT2D eigenvalue weighted by Gasteiger charge is -2.11. The molecule has 0 saturated heterocycles. The Morgan fingerprint density at radius 3 is 2.72 bits per heavy atom. The zero-order chi connectivity index (χ0) is 13.0. The predicted molar refractivity (Wildman–Crippen MR) is 66.2 cm³/mol. The smallest absolute Gasteiger partial charge is 0.271 e. The third kappa shape index (κ3) is 2.65. The Morgan fingerprint density at radius 2 is 2.17 bits per heavy atom. The van der Waals surface area contributed by atoms with E-state index in [2.05, 4.69) is 20.8 Å². The highest BCUT2D eigenvalue weighted by molar-refractivity contribution is 5.91. The number of nitrogens with one attached hydrogen (secondary N) is 2. The van der Waals surface area contributed by atoms with Crippen LogP contribution in [0, 0.1) is 0 Å². The topological polar surface area (TPSA) is 80.0 Å². The second-order valence-electron chi connectivity index (χ2n) is 3.76. The summed E-state index contributed by atoms with van der Waals surface area (Å²) in [6.07, 6.45) is 1.62. The number of aromatic nitrogens is 2. The molecule has 0 bridgehead atoms. The molecule has 2 aromatic heterocycles. The summed E-state index contributed by atoms with van der Waals surface area (Å²) in [4.78, 5) is 11.3.